The van der Waals surface area contributed by atoms with Gasteiger partial charge in [-0.25, -0.2) is 4.85 Å². The van der Waals surface area contributed by atoms with Crippen molar-refractivity contribution >= 4 is 51.5 Å². The van der Waals surface area contributed by atoms with Gasteiger partial charge in [0.15, 0.2) is 5.69 Å². The van der Waals surface area contributed by atoms with Gasteiger partial charge < -0.3 is 0 Å². The van der Waals surface area contributed by atoms with Crippen molar-refractivity contribution < 1.29 is 0 Å². The zero-order valence-electron chi connectivity index (χ0n) is 18.4. The van der Waals surface area contributed by atoms with E-state index in [1.54, 1.807) is 0 Å². The van der Waals surface area contributed by atoms with E-state index in [1.807, 2.05) is 48.5 Å². The van der Waals surface area contributed by atoms with Gasteiger partial charge in [-0.2, -0.15) is 5.26 Å². The fourth-order valence-corrected chi connectivity index (χ4v) is 4.24. The summed E-state index contributed by atoms with van der Waals surface area (Å²) < 4.78 is 0. The van der Waals surface area contributed by atoms with Crippen LogP contribution in [0.1, 0.15) is 27.8 Å². The average Bonchev–Trinajstić information content (AvgIpc) is 2.91. The van der Waals surface area contributed by atoms with E-state index >= 15 is 0 Å². The van der Waals surface area contributed by atoms with Crippen LogP contribution in [0.25, 0.3) is 50.7 Å². The van der Waals surface area contributed by atoms with Crippen LogP contribution in [-0.4, -0.2) is 0 Å². The quantitative estimate of drug-likeness (QED) is 0.158. The smallest absolute Gasteiger partial charge is 0.187 e. The fourth-order valence-electron chi connectivity index (χ4n) is 4.24. The Morgan fingerprint density at radius 1 is 0.559 bits per heavy atom. The highest BCUT2D eigenvalue weighted by atomic mass is 14.6. The maximum absolute atomic E-state index is 9.05. The van der Waals surface area contributed by atoms with E-state index in [4.69, 9.17) is 11.8 Å². The van der Waals surface area contributed by atoms with Crippen LogP contribution in [0.5, 0.6) is 0 Å². The van der Waals surface area contributed by atoms with E-state index in [0.29, 0.717) is 11.3 Å². The lowest BCUT2D eigenvalue weighted by atomic mass is 9.91. The van der Waals surface area contributed by atoms with Gasteiger partial charge in [0.25, 0.3) is 0 Å². The highest BCUT2D eigenvalue weighted by Gasteiger charge is 2.10. The molecule has 0 aliphatic heterocycles. The molecular formula is C32H20N2. The molecule has 0 aliphatic rings. The summed E-state index contributed by atoms with van der Waals surface area (Å²) >= 11 is 0. The molecule has 0 saturated carbocycles. The predicted octanol–water partition coefficient (Wildman–Crippen LogP) is 8.76. The van der Waals surface area contributed by atoms with Gasteiger partial charge in [-0.05, 0) is 55.9 Å². The molecule has 5 aromatic carbocycles. The van der Waals surface area contributed by atoms with E-state index in [-0.39, 0.29) is 0 Å². The molecule has 158 valence electrons. The van der Waals surface area contributed by atoms with Crippen LogP contribution in [0, 0.1) is 17.9 Å². The summed E-state index contributed by atoms with van der Waals surface area (Å²) in [5.74, 6) is 0. The molecule has 5 rings (SSSR count). The van der Waals surface area contributed by atoms with Crippen LogP contribution < -0.4 is 0 Å². The molecule has 2 nitrogen and oxygen atoms in total. The highest BCUT2D eigenvalue weighted by Crippen LogP contribution is 2.35. The molecule has 0 N–H and O–H groups in total. The monoisotopic (exact) mass is 432 g/mol. The highest BCUT2D eigenvalue weighted by molar-refractivity contribution is 6.14. The molecule has 0 bridgehead atoms. The number of hydrogen-bond donors (Lipinski definition) is 0. The van der Waals surface area contributed by atoms with E-state index in [0.717, 1.165) is 11.1 Å². The predicted molar refractivity (Wildman–Crippen MR) is 143 cm³/mol. The van der Waals surface area contributed by atoms with E-state index < -0.39 is 0 Å². The van der Waals surface area contributed by atoms with Gasteiger partial charge in [0.2, 0.25) is 0 Å². The lowest BCUT2D eigenvalue weighted by Gasteiger charge is -2.13. The van der Waals surface area contributed by atoms with Crippen LogP contribution in [0.3, 0.4) is 0 Å². The number of nitrogens with zero attached hydrogens (tertiary/aromatic N) is 2. The molecule has 0 heterocycles. The van der Waals surface area contributed by atoms with Crippen molar-refractivity contribution in [1.29, 1.82) is 5.26 Å². The van der Waals surface area contributed by atoms with Gasteiger partial charge in [0, 0.05) is 0 Å². The van der Waals surface area contributed by atoms with Crippen molar-refractivity contribution in [3.63, 3.8) is 0 Å². The fraction of sp³-hybridized carbons (Fsp3) is 0. The Hall–Kier alpha value is -4.92. The third-order valence-electron chi connectivity index (χ3n) is 5.96. The number of nitriles is 1. The van der Waals surface area contributed by atoms with E-state index in [9.17, 15) is 0 Å². The van der Waals surface area contributed by atoms with Crippen molar-refractivity contribution in [3.8, 4) is 6.07 Å². The van der Waals surface area contributed by atoms with Crippen LogP contribution in [-0.2, 0) is 0 Å². The van der Waals surface area contributed by atoms with Crippen molar-refractivity contribution in [2.45, 2.75) is 0 Å². The molecule has 0 saturated heterocycles. The normalized spacial score (nSPS) is 11.2. The topological polar surface area (TPSA) is 28.1 Å². The largest absolute Gasteiger partial charge is 0.238 e. The Morgan fingerprint density at radius 3 is 1.35 bits per heavy atom. The molecule has 0 unspecified atom stereocenters. The summed E-state index contributed by atoms with van der Waals surface area (Å²) in [5, 5.41) is 13.8. The van der Waals surface area contributed by atoms with Crippen molar-refractivity contribution in [2.75, 3.05) is 0 Å². The summed E-state index contributed by atoms with van der Waals surface area (Å²) in [7, 11) is 0. The number of fused-ring (bicyclic) bond motifs is 2. The molecule has 0 spiro atoms. The Kier molecular flexibility index (Phi) is 5.73. The van der Waals surface area contributed by atoms with E-state index in [1.165, 1.54) is 32.7 Å². The standard InChI is InChI=1S/C32H20N2/c1-34-26-18-14-24(15-19-26)17-21-32-29-8-4-2-6-27(29)31(28-7-3-5-9-30(28)32)20-16-23-10-12-25(22-33)13-11-23/h2-21H. The van der Waals surface area contributed by atoms with Gasteiger partial charge in [0.1, 0.15) is 0 Å². The van der Waals surface area contributed by atoms with Crippen molar-refractivity contribution in [2.24, 2.45) is 0 Å². The second-order valence-corrected chi connectivity index (χ2v) is 8.02. The first kappa shape index (κ1) is 21.0. The summed E-state index contributed by atoms with van der Waals surface area (Å²) in [6.45, 7) is 7.15. The average molecular weight is 433 g/mol. The van der Waals surface area contributed by atoms with Gasteiger partial charge in [-0.1, -0.05) is 109 Å². The van der Waals surface area contributed by atoms with Gasteiger partial charge in [0.05, 0.1) is 18.2 Å². The maximum Gasteiger partial charge on any atom is 0.187 e. The summed E-state index contributed by atoms with van der Waals surface area (Å²) in [6, 6.07) is 34.4. The molecule has 0 fully saturated rings. The summed E-state index contributed by atoms with van der Waals surface area (Å²) in [6.07, 6.45) is 8.55. The second kappa shape index (κ2) is 9.29. The summed E-state index contributed by atoms with van der Waals surface area (Å²) in [5.41, 5.74) is 5.77. The lowest BCUT2D eigenvalue weighted by Crippen LogP contribution is -1.88. The third-order valence-corrected chi connectivity index (χ3v) is 5.96. The Labute approximate surface area is 199 Å². The molecule has 5 aromatic rings. The molecular weight excluding hydrogens is 412 g/mol. The van der Waals surface area contributed by atoms with E-state index in [2.05, 4.69) is 83.7 Å². The third kappa shape index (κ3) is 4.09. The maximum atomic E-state index is 9.05. The first-order valence-corrected chi connectivity index (χ1v) is 11.0. The molecule has 0 atom stereocenters. The minimum atomic E-state index is 0.645. The van der Waals surface area contributed by atoms with Crippen LogP contribution >= 0.6 is 0 Å². The van der Waals surface area contributed by atoms with Crippen LogP contribution in [0.15, 0.2) is 97.1 Å². The van der Waals surface area contributed by atoms with Crippen LogP contribution in [0.4, 0.5) is 5.69 Å². The molecule has 0 amide bonds. The van der Waals surface area contributed by atoms with Crippen molar-refractivity contribution in [1.82, 2.24) is 0 Å². The Morgan fingerprint density at radius 2 is 0.971 bits per heavy atom. The number of hydrogen-bond acceptors (Lipinski definition) is 1. The minimum Gasteiger partial charge on any atom is -0.238 e. The first-order valence-electron chi connectivity index (χ1n) is 11.0. The molecule has 2 heteroatoms. The lowest BCUT2D eigenvalue weighted by molar-refractivity contribution is 1.48. The SMILES string of the molecule is [C-]#[N+]c1ccc(C=Cc2c3ccccc3c(C=Cc3ccc(C#N)cc3)c3ccccc23)cc1. The summed E-state index contributed by atoms with van der Waals surface area (Å²) in [4.78, 5) is 3.47. The van der Waals surface area contributed by atoms with Crippen LogP contribution in [0.2, 0.25) is 0 Å². The van der Waals surface area contributed by atoms with Gasteiger partial charge in [-0.3, -0.25) is 0 Å². The zero-order valence-corrected chi connectivity index (χ0v) is 18.4. The second-order valence-electron chi connectivity index (χ2n) is 8.02. The Balaban J connectivity index is 1.66. The van der Waals surface area contributed by atoms with Gasteiger partial charge in [-0.15, -0.1) is 0 Å². The van der Waals surface area contributed by atoms with Gasteiger partial charge >= 0.3 is 0 Å². The van der Waals surface area contributed by atoms with Crippen molar-refractivity contribution in [3.05, 3.63) is 136 Å². The Bertz CT molecular complexity index is 1460. The number of rotatable bonds is 4. The molecule has 0 radical (unpaired) electrons. The zero-order chi connectivity index (χ0) is 23.3. The number of benzene rings is 5. The molecule has 34 heavy (non-hydrogen) atoms. The molecule has 0 aromatic heterocycles. The molecule has 0 aliphatic carbocycles. The first-order chi connectivity index (χ1) is 16.8. The minimum absolute atomic E-state index is 0.645.